The molecule has 1 aromatic heterocycles. The maximum atomic E-state index is 7.73. The fraction of sp³-hybridized carbons (Fsp3) is 0.444. The number of pyridine rings is 1. The fourth-order valence-corrected chi connectivity index (χ4v) is 1.34. The van der Waals surface area contributed by atoms with Gasteiger partial charge >= 0.3 is 0 Å². The second kappa shape index (κ2) is 3.01. The van der Waals surface area contributed by atoms with Gasteiger partial charge in [-0.15, -0.1) is 0 Å². The van der Waals surface area contributed by atoms with E-state index in [-0.39, 0.29) is 30.5 Å². The van der Waals surface area contributed by atoms with Crippen LogP contribution in [0.2, 0.25) is 0 Å². The van der Waals surface area contributed by atoms with Crippen molar-refractivity contribution in [2.24, 2.45) is 0 Å². The van der Waals surface area contributed by atoms with E-state index in [0.717, 1.165) is 19.4 Å². The van der Waals surface area contributed by atoms with Crippen LogP contribution in [0.25, 0.3) is 0 Å². The number of nitrogens with one attached hydrogen (secondary N) is 1. The molecule has 1 atom stereocenters. The van der Waals surface area contributed by atoms with Crippen LogP contribution in [0.1, 0.15) is 29.9 Å². The zero-order valence-corrected chi connectivity index (χ0v) is 6.15. The first-order chi connectivity index (χ1) is 7.11. The van der Waals surface area contributed by atoms with Crippen molar-refractivity contribution in [2.75, 3.05) is 6.54 Å². The Morgan fingerprint density at radius 1 is 1.73 bits per heavy atom. The van der Waals surface area contributed by atoms with E-state index in [4.69, 9.17) is 5.48 Å². The summed E-state index contributed by atoms with van der Waals surface area (Å²) in [5, 5.41) is 3.18. The van der Waals surface area contributed by atoms with Gasteiger partial charge in [0.1, 0.15) is 0 Å². The van der Waals surface area contributed by atoms with Gasteiger partial charge in [-0.3, -0.25) is 4.98 Å². The number of hydrogen-bond acceptors (Lipinski definition) is 2. The molecule has 0 aliphatic carbocycles. The Kier molecular flexibility index (Phi) is 1.01. The molecule has 2 rings (SSSR count). The third-order valence-electron chi connectivity index (χ3n) is 1.89. The van der Waals surface area contributed by atoms with Crippen molar-refractivity contribution in [2.45, 2.75) is 18.9 Å². The van der Waals surface area contributed by atoms with E-state index in [1.165, 1.54) is 0 Å². The summed E-state index contributed by atoms with van der Waals surface area (Å²) in [4.78, 5) is 3.66. The highest BCUT2D eigenvalue weighted by Gasteiger charge is 2.15. The van der Waals surface area contributed by atoms with Gasteiger partial charge in [-0.1, -0.05) is 6.04 Å². The quantitative estimate of drug-likeness (QED) is 0.659. The molecule has 0 spiro atoms. The molecule has 58 valence electrons. The molecular formula is C9H12N2. The Hall–Kier alpha value is -0.890. The van der Waals surface area contributed by atoms with E-state index >= 15 is 0 Å². The molecule has 0 unspecified atom stereocenters. The SMILES string of the molecule is [2H]c1nc([2H])c([C@H]2CCCN2)c([2H])c1[2H]. The lowest BCUT2D eigenvalue weighted by atomic mass is 10.1. The van der Waals surface area contributed by atoms with E-state index in [1.807, 2.05) is 0 Å². The van der Waals surface area contributed by atoms with Crippen LogP contribution >= 0.6 is 0 Å². The van der Waals surface area contributed by atoms with Crippen molar-refractivity contribution in [3.8, 4) is 0 Å². The first kappa shape index (κ1) is 3.68. The molecule has 0 bridgehead atoms. The Bertz CT molecular complexity index is 388. The second-order valence-electron chi connectivity index (χ2n) is 2.65. The van der Waals surface area contributed by atoms with Gasteiger partial charge in [-0.2, -0.15) is 0 Å². The molecule has 2 heterocycles. The Morgan fingerprint density at radius 3 is 3.55 bits per heavy atom. The Labute approximate surface area is 72.3 Å². The van der Waals surface area contributed by atoms with Gasteiger partial charge < -0.3 is 5.32 Å². The van der Waals surface area contributed by atoms with Crippen LogP contribution in [0.4, 0.5) is 0 Å². The molecule has 1 N–H and O–H groups in total. The molecule has 0 saturated carbocycles. The molecule has 11 heavy (non-hydrogen) atoms. The van der Waals surface area contributed by atoms with Gasteiger partial charge in [0, 0.05) is 18.4 Å². The zero-order valence-electron chi connectivity index (χ0n) is 10.1. The van der Waals surface area contributed by atoms with E-state index in [2.05, 4.69) is 10.3 Å². The van der Waals surface area contributed by atoms with E-state index < -0.39 is 0 Å². The average Bonchev–Trinajstić information content (AvgIpc) is 2.68. The lowest BCUT2D eigenvalue weighted by Crippen LogP contribution is -2.12. The topological polar surface area (TPSA) is 24.9 Å². The van der Waals surface area contributed by atoms with E-state index in [1.54, 1.807) is 0 Å². The highest BCUT2D eigenvalue weighted by atomic mass is 14.9. The molecule has 0 aromatic carbocycles. The van der Waals surface area contributed by atoms with Crippen LogP contribution in [0.5, 0.6) is 0 Å². The number of aromatic nitrogens is 1. The summed E-state index contributed by atoms with van der Waals surface area (Å²) in [6.07, 6.45) is 1.56. The molecule has 2 nitrogen and oxygen atoms in total. The minimum atomic E-state index is -0.285. The van der Waals surface area contributed by atoms with Crippen LogP contribution in [0.3, 0.4) is 0 Å². The van der Waals surface area contributed by atoms with Crippen molar-refractivity contribution in [3.63, 3.8) is 0 Å². The molecule has 0 amide bonds. The van der Waals surface area contributed by atoms with Gasteiger partial charge in [0.15, 0.2) is 0 Å². The van der Waals surface area contributed by atoms with Crippen LogP contribution in [-0.4, -0.2) is 11.5 Å². The largest absolute Gasteiger partial charge is 0.310 e. The lowest BCUT2D eigenvalue weighted by molar-refractivity contribution is 0.645. The third-order valence-corrected chi connectivity index (χ3v) is 1.89. The predicted molar refractivity (Wildman–Crippen MR) is 44.2 cm³/mol. The van der Waals surface area contributed by atoms with E-state index in [0.29, 0.717) is 5.56 Å². The standard InChI is InChI=1S/C9H12N2/c1-3-8(7-10-5-1)9-4-2-6-11-9/h1,3,5,7,9,11H,2,4,6H2/t9-/m1/s1/i1D,3D,5D,7D. The molecule has 1 fully saturated rings. The molecule has 1 aromatic rings. The summed E-state index contributed by atoms with van der Waals surface area (Å²) >= 11 is 0. The predicted octanol–water partition coefficient (Wildman–Crippen LogP) is 1.51. The first-order valence-electron chi connectivity index (χ1n) is 5.79. The molecule has 1 aliphatic heterocycles. The second-order valence-corrected chi connectivity index (χ2v) is 2.65. The van der Waals surface area contributed by atoms with Crippen molar-refractivity contribution >= 4 is 0 Å². The van der Waals surface area contributed by atoms with Crippen LogP contribution < -0.4 is 5.32 Å². The first-order valence-corrected chi connectivity index (χ1v) is 3.79. The monoisotopic (exact) mass is 152 g/mol. The maximum absolute atomic E-state index is 7.73. The zero-order chi connectivity index (χ0) is 11.0. The highest BCUT2D eigenvalue weighted by molar-refractivity contribution is 5.14. The van der Waals surface area contributed by atoms with Crippen molar-refractivity contribution in [1.82, 2.24) is 10.3 Å². The molecule has 1 aliphatic rings. The van der Waals surface area contributed by atoms with Gasteiger partial charge in [-0.25, -0.2) is 0 Å². The number of nitrogens with zero attached hydrogens (tertiary/aromatic N) is 1. The van der Waals surface area contributed by atoms with Crippen LogP contribution in [0.15, 0.2) is 24.4 Å². The summed E-state index contributed by atoms with van der Waals surface area (Å²) in [5.41, 5.74) is 0.466. The smallest absolute Gasteiger partial charge is 0.0843 e. The summed E-state index contributed by atoms with van der Waals surface area (Å²) < 4.78 is 30.2. The van der Waals surface area contributed by atoms with E-state index in [9.17, 15) is 0 Å². The lowest BCUT2D eigenvalue weighted by Gasteiger charge is -2.08. The van der Waals surface area contributed by atoms with Gasteiger partial charge in [0.05, 0.1) is 5.48 Å². The van der Waals surface area contributed by atoms with Crippen molar-refractivity contribution in [3.05, 3.63) is 30.0 Å². The average molecular weight is 152 g/mol. The van der Waals surface area contributed by atoms with Gasteiger partial charge in [0.25, 0.3) is 0 Å². The molecule has 0 radical (unpaired) electrons. The summed E-state index contributed by atoms with van der Waals surface area (Å²) in [5.74, 6) is 0. The van der Waals surface area contributed by atoms with Gasteiger partial charge in [-0.05, 0) is 31.0 Å². The fourth-order valence-electron chi connectivity index (χ4n) is 1.34. The highest BCUT2D eigenvalue weighted by Crippen LogP contribution is 2.21. The van der Waals surface area contributed by atoms with Crippen LogP contribution in [-0.2, 0) is 0 Å². The third kappa shape index (κ3) is 1.40. The summed E-state index contributed by atoms with van der Waals surface area (Å²) in [6.45, 7) is 0.875. The number of rotatable bonds is 1. The molecule has 2 heteroatoms. The van der Waals surface area contributed by atoms with Gasteiger partial charge in [0.2, 0.25) is 0 Å². The normalized spacial score (nSPS) is 28.9. The maximum Gasteiger partial charge on any atom is 0.0843 e. The minimum absolute atomic E-state index is 0.0283. The molecular weight excluding hydrogens is 136 g/mol. The number of hydrogen-bond donors (Lipinski definition) is 1. The summed E-state index contributed by atoms with van der Waals surface area (Å²) in [6, 6.07) is -0.253. The van der Waals surface area contributed by atoms with Crippen molar-refractivity contribution < 1.29 is 5.48 Å². The summed E-state index contributed by atoms with van der Waals surface area (Å²) in [7, 11) is 0. The minimum Gasteiger partial charge on any atom is -0.310 e. The Morgan fingerprint density at radius 2 is 2.73 bits per heavy atom. The Balaban J connectivity index is 2.50. The van der Waals surface area contributed by atoms with Crippen LogP contribution in [0, 0.1) is 0 Å². The molecule has 1 saturated heterocycles. The van der Waals surface area contributed by atoms with Crippen molar-refractivity contribution in [1.29, 1.82) is 0 Å².